The highest BCUT2D eigenvalue weighted by molar-refractivity contribution is 7.94. The van der Waals surface area contributed by atoms with E-state index < -0.39 is 16.0 Å². The number of carboxylic acids is 1. The Labute approximate surface area is 117 Å². The monoisotopic (exact) mass is 318 g/mol. The van der Waals surface area contributed by atoms with E-state index in [1.165, 1.54) is 17.4 Å². The minimum Gasteiger partial charge on any atom is -0.477 e. The van der Waals surface area contributed by atoms with E-state index in [9.17, 15) is 13.2 Å². The largest absolute Gasteiger partial charge is 0.477 e. The number of hydrogen-bond acceptors (Lipinski definition) is 6. The average molecular weight is 318 g/mol. The van der Waals surface area contributed by atoms with Crippen LogP contribution in [0.5, 0.6) is 0 Å². The minimum absolute atomic E-state index is 0.0238. The zero-order chi connectivity index (χ0) is 14.2. The molecule has 0 unspecified atom stereocenters. The van der Waals surface area contributed by atoms with Crippen LogP contribution in [0.25, 0.3) is 0 Å². The fourth-order valence-electron chi connectivity index (χ4n) is 1.36. The van der Waals surface area contributed by atoms with Crippen molar-refractivity contribution >= 4 is 43.8 Å². The molecule has 2 aromatic rings. The maximum atomic E-state index is 12.1. The van der Waals surface area contributed by atoms with E-state index in [1.807, 2.05) is 0 Å². The van der Waals surface area contributed by atoms with Crippen LogP contribution in [-0.2, 0) is 10.0 Å². The molecule has 0 aromatic carbocycles. The molecule has 0 saturated carbocycles. The first kappa shape index (κ1) is 14.0. The van der Waals surface area contributed by atoms with E-state index in [0.717, 1.165) is 17.0 Å². The summed E-state index contributed by atoms with van der Waals surface area (Å²) in [6.07, 6.45) is 0. The van der Waals surface area contributed by atoms with Crippen molar-refractivity contribution in [2.45, 2.75) is 18.1 Å². The number of nitrogens with one attached hydrogen (secondary N) is 1. The molecular weight excluding hydrogens is 308 g/mol. The van der Waals surface area contributed by atoms with Gasteiger partial charge in [-0.2, -0.15) is 0 Å². The van der Waals surface area contributed by atoms with Crippen molar-refractivity contribution in [2.24, 2.45) is 0 Å². The van der Waals surface area contributed by atoms with E-state index in [0.29, 0.717) is 5.56 Å². The molecule has 0 aliphatic heterocycles. The van der Waals surface area contributed by atoms with E-state index in [1.54, 1.807) is 19.2 Å². The fourth-order valence-corrected chi connectivity index (χ4v) is 4.68. The summed E-state index contributed by atoms with van der Waals surface area (Å²) in [5, 5.41) is 10.9. The number of anilines is 1. The molecule has 0 spiro atoms. The third kappa shape index (κ3) is 2.94. The smallest absolute Gasteiger partial charge is 0.346 e. The molecule has 0 amide bonds. The zero-order valence-corrected chi connectivity index (χ0v) is 12.4. The summed E-state index contributed by atoms with van der Waals surface area (Å²) in [4.78, 5) is 14.9. The molecule has 0 saturated heterocycles. The lowest BCUT2D eigenvalue weighted by Crippen LogP contribution is -2.11. The van der Waals surface area contributed by atoms with Crippen LogP contribution in [-0.4, -0.2) is 24.5 Å². The minimum atomic E-state index is -3.78. The molecule has 0 fully saturated rings. The van der Waals surface area contributed by atoms with Crippen LogP contribution < -0.4 is 4.72 Å². The summed E-state index contributed by atoms with van der Waals surface area (Å²) in [5.41, 5.74) is 1.14. The predicted molar refractivity (Wildman–Crippen MR) is 73.7 cm³/mol. The molecule has 102 valence electrons. The van der Waals surface area contributed by atoms with Crippen LogP contribution in [0.3, 0.4) is 0 Å². The number of aromatic carboxylic acids is 1. The van der Waals surface area contributed by atoms with Gasteiger partial charge in [0.1, 0.15) is 9.09 Å². The van der Waals surface area contributed by atoms with Crippen LogP contribution in [0.4, 0.5) is 5.13 Å². The van der Waals surface area contributed by atoms with Gasteiger partial charge in [-0.3, -0.25) is 4.72 Å². The van der Waals surface area contributed by atoms with Crippen molar-refractivity contribution in [1.82, 2.24) is 4.98 Å². The van der Waals surface area contributed by atoms with Gasteiger partial charge in [-0.15, -0.1) is 22.7 Å². The molecule has 2 N–H and O–H groups in total. The number of rotatable bonds is 4. The van der Waals surface area contributed by atoms with Gasteiger partial charge in [0.2, 0.25) is 0 Å². The zero-order valence-electron chi connectivity index (χ0n) is 10.00. The predicted octanol–water partition coefficient (Wildman–Crippen LogP) is 2.32. The third-order valence-electron chi connectivity index (χ3n) is 2.19. The lowest BCUT2D eigenvalue weighted by molar-refractivity contribution is 0.0701. The Morgan fingerprint density at radius 2 is 2.11 bits per heavy atom. The van der Waals surface area contributed by atoms with Gasteiger partial charge in [0.05, 0.1) is 5.69 Å². The highest BCUT2D eigenvalue weighted by atomic mass is 32.2. The molecule has 2 heterocycles. The van der Waals surface area contributed by atoms with E-state index >= 15 is 0 Å². The van der Waals surface area contributed by atoms with Gasteiger partial charge >= 0.3 is 5.97 Å². The van der Waals surface area contributed by atoms with Gasteiger partial charge in [-0.1, -0.05) is 0 Å². The van der Waals surface area contributed by atoms with Gasteiger partial charge in [-0.25, -0.2) is 18.2 Å². The average Bonchev–Trinajstić information content (AvgIpc) is 2.84. The quantitative estimate of drug-likeness (QED) is 0.902. The number of carboxylic acid groups (broad SMARTS) is 1. The number of aromatic nitrogens is 1. The molecule has 0 atom stereocenters. The number of thiazole rings is 1. The number of sulfonamides is 1. The SMILES string of the molecule is Cc1csc(NS(=O)(=O)c2cc(C)c(C(=O)O)s2)n1. The van der Waals surface area contributed by atoms with Crippen LogP contribution in [0.2, 0.25) is 0 Å². The second kappa shape index (κ2) is 4.91. The van der Waals surface area contributed by atoms with Crippen LogP contribution in [0.1, 0.15) is 20.9 Å². The fraction of sp³-hybridized carbons (Fsp3) is 0.200. The Bertz CT molecular complexity index is 730. The molecule has 0 aliphatic rings. The van der Waals surface area contributed by atoms with Crippen molar-refractivity contribution < 1.29 is 18.3 Å². The lowest BCUT2D eigenvalue weighted by atomic mass is 10.3. The number of nitrogens with zero attached hydrogens (tertiary/aromatic N) is 1. The summed E-state index contributed by atoms with van der Waals surface area (Å²) in [7, 11) is -3.78. The first-order chi connectivity index (χ1) is 8.79. The van der Waals surface area contributed by atoms with Crippen molar-refractivity contribution in [1.29, 1.82) is 0 Å². The Morgan fingerprint density at radius 1 is 1.42 bits per heavy atom. The molecule has 0 aliphatic carbocycles. The highest BCUT2D eigenvalue weighted by Crippen LogP contribution is 2.28. The molecule has 9 heteroatoms. The van der Waals surface area contributed by atoms with Crippen molar-refractivity contribution in [2.75, 3.05) is 4.72 Å². The van der Waals surface area contributed by atoms with Gasteiger partial charge in [0.15, 0.2) is 5.13 Å². The first-order valence-corrected chi connectivity index (χ1v) is 8.26. The highest BCUT2D eigenvalue weighted by Gasteiger charge is 2.22. The van der Waals surface area contributed by atoms with Crippen molar-refractivity contribution in [3.05, 3.63) is 27.6 Å². The van der Waals surface area contributed by atoms with Gasteiger partial charge in [0, 0.05) is 5.38 Å². The summed E-state index contributed by atoms with van der Waals surface area (Å²) in [5.74, 6) is -1.13. The van der Waals surface area contributed by atoms with Crippen molar-refractivity contribution in [3.63, 3.8) is 0 Å². The van der Waals surface area contributed by atoms with E-state index in [-0.39, 0.29) is 14.2 Å². The van der Waals surface area contributed by atoms with E-state index in [4.69, 9.17) is 5.11 Å². The second-order valence-electron chi connectivity index (χ2n) is 3.78. The number of carbonyl (C=O) groups is 1. The summed E-state index contributed by atoms with van der Waals surface area (Å²) < 4.78 is 26.4. The normalized spacial score (nSPS) is 11.5. The van der Waals surface area contributed by atoms with Crippen LogP contribution in [0, 0.1) is 13.8 Å². The maximum absolute atomic E-state index is 12.1. The maximum Gasteiger partial charge on any atom is 0.346 e. The summed E-state index contributed by atoms with van der Waals surface area (Å²) in [6, 6.07) is 1.34. The summed E-state index contributed by atoms with van der Waals surface area (Å²) in [6.45, 7) is 3.32. The third-order valence-corrected chi connectivity index (χ3v) is 6.24. The Balaban J connectivity index is 2.34. The second-order valence-corrected chi connectivity index (χ2v) is 7.60. The van der Waals surface area contributed by atoms with E-state index in [2.05, 4.69) is 9.71 Å². The van der Waals surface area contributed by atoms with Gasteiger partial charge in [0.25, 0.3) is 10.0 Å². The van der Waals surface area contributed by atoms with Crippen LogP contribution >= 0.6 is 22.7 Å². The molecule has 0 radical (unpaired) electrons. The number of hydrogen-bond donors (Lipinski definition) is 2. The van der Waals surface area contributed by atoms with Gasteiger partial charge in [-0.05, 0) is 25.5 Å². The molecular formula is C10H10N2O4S3. The Kier molecular flexibility index (Phi) is 3.61. The topological polar surface area (TPSA) is 96.4 Å². The molecule has 2 rings (SSSR count). The molecule has 6 nitrogen and oxygen atoms in total. The number of aryl methyl sites for hydroxylation is 2. The number of thiophene rings is 1. The standard InChI is InChI=1S/C10H10N2O4S3/c1-5-3-7(18-8(5)9(13)14)19(15,16)12-10-11-6(2)4-17-10/h3-4H,1-2H3,(H,11,12)(H,13,14). The summed E-state index contributed by atoms with van der Waals surface area (Å²) >= 11 is 1.90. The first-order valence-electron chi connectivity index (χ1n) is 5.08. The molecule has 19 heavy (non-hydrogen) atoms. The Morgan fingerprint density at radius 3 is 2.58 bits per heavy atom. The van der Waals surface area contributed by atoms with Gasteiger partial charge < -0.3 is 5.11 Å². The van der Waals surface area contributed by atoms with Crippen LogP contribution in [0.15, 0.2) is 15.7 Å². The molecule has 2 aromatic heterocycles. The lowest BCUT2D eigenvalue weighted by Gasteiger charge is -2.01. The van der Waals surface area contributed by atoms with Crippen molar-refractivity contribution in [3.8, 4) is 0 Å². The molecule has 0 bridgehead atoms. The Hall–Kier alpha value is -1.45.